The summed E-state index contributed by atoms with van der Waals surface area (Å²) >= 11 is 0. The highest BCUT2D eigenvalue weighted by atomic mass is 16.5. The van der Waals surface area contributed by atoms with Crippen molar-refractivity contribution in [3.63, 3.8) is 0 Å². The number of aromatic nitrogens is 3. The van der Waals surface area contributed by atoms with E-state index in [1.807, 2.05) is 66.1 Å². The zero-order chi connectivity index (χ0) is 18.6. The van der Waals surface area contributed by atoms with Gasteiger partial charge in [-0.05, 0) is 31.2 Å². The van der Waals surface area contributed by atoms with E-state index in [0.29, 0.717) is 29.3 Å². The van der Waals surface area contributed by atoms with Crippen molar-refractivity contribution in [1.82, 2.24) is 14.6 Å². The third kappa shape index (κ3) is 3.25. The van der Waals surface area contributed by atoms with Crippen LogP contribution in [0, 0.1) is 0 Å². The number of carbonyl (C=O) groups excluding carboxylic acids is 1. The molecule has 0 aliphatic rings. The minimum Gasteiger partial charge on any atom is -0.493 e. The van der Waals surface area contributed by atoms with Gasteiger partial charge < -0.3 is 10.1 Å². The topological polar surface area (TPSA) is 68.5 Å². The van der Waals surface area contributed by atoms with Crippen LogP contribution >= 0.6 is 0 Å². The van der Waals surface area contributed by atoms with Gasteiger partial charge in [-0.1, -0.05) is 42.5 Å². The summed E-state index contributed by atoms with van der Waals surface area (Å²) in [7, 11) is 0. The molecule has 27 heavy (non-hydrogen) atoms. The molecule has 1 amide bonds. The molecule has 0 spiro atoms. The third-order valence-electron chi connectivity index (χ3n) is 4.15. The Balaban J connectivity index is 1.69. The average molecular weight is 358 g/mol. The summed E-state index contributed by atoms with van der Waals surface area (Å²) in [5, 5.41) is 11.5. The maximum absolute atomic E-state index is 12.8. The predicted octanol–water partition coefficient (Wildman–Crippen LogP) is 4.05. The number of anilines is 1. The number of benzene rings is 2. The number of amides is 1. The van der Waals surface area contributed by atoms with Crippen LogP contribution in [0.5, 0.6) is 5.75 Å². The molecule has 4 rings (SSSR count). The fourth-order valence-corrected chi connectivity index (χ4v) is 2.92. The molecule has 0 fully saturated rings. The summed E-state index contributed by atoms with van der Waals surface area (Å²) in [6, 6.07) is 20.6. The fourth-order valence-electron chi connectivity index (χ4n) is 2.92. The minimum atomic E-state index is -0.253. The molecule has 134 valence electrons. The monoisotopic (exact) mass is 358 g/mol. The Hall–Kier alpha value is -3.67. The van der Waals surface area contributed by atoms with E-state index in [0.717, 1.165) is 11.4 Å². The molecule has 0 saturated carbocycles. The van der Waals surface area contributed by atoms with E-state index in [4.69, 9.17) is 4.74 Å². The third-order valence-corrected chi connectivity index (χ3v) is 4.15. The van der Waals surface area contributed by atoms with Gasteiger partial charge in [-0.3, -0.25) is 9.20 Å². The van der Waals surface area contributed by atoms with Crippen molar-refractivity contribution in [2.24, 2.45) is 0 Å². The standard InChI is InChI=1S/C21H18N4O2/c1-2-27-18-13-7-6-11-16(18)21(26)22-17-12-8-14-25-19(23-24-20(17)25)15-9-4-3-5-10-15/h3-14H,2H2,1H3,(H,22,26). The van der Waals surface area contributed by atoms with Crippen LogP contribution in [0.2, 0.25) is 0 Å². The number of para-hydroxylation sites is 1. The van der Waals surface area contributed by atoms with Crippen LogP contribution in [-0.2, 0) is 0 Å². The van der Waals surface area contributed by atoms with Crippen molar-refractivity contribution in [3.05, 3.63) is 78.5 Å². The number of carbonyl (C=O) groups is 1. The lowest BCUT2D eigenvalue weighted by Crippen LogP contribution is -2.14. The Bertz CT molecular complexity index is 1090. The van der Waals surface area contributed by atoms with E-state index in [9.17, 15) is 4.79 Å². The highest BCUT2D eigenvalue weighted by molar-refractivity contribution is 6.07. The molecule has 2 heterocycles. The van der Waals surface area contributed by atoms with Crippen molar-refractivity contribution in [1.29, 1.82) is 0 Å². The van der Waals surface area contributed by atoms with Gasteiger partial charge in [-0.2, -0.15) is 0 Å². The summed E-state index contributed by atoms with van der Waals surface area (Å²) < 4.78 is 7.41. The Kier molecular flexibility index (Phi) is 4.53. The number of hydrogen-bond donors (Lipinski definition) is 1. The summed E-state index contributed by atoms with van der Waals surface area (Å²) in [4.78, 5) is 12.8. The second kappa shape index (κ2) is 7.29. The van der Waals surface area contributed by atoms with Gasteiger partial charge in [-0.25, -0.2) is 0 Å². The summed E-state index contributed by atoms with van der Waals surface area (Å²) in [5.41, 5.74) is 2.60. The molecule has 0 unspecified atom stereocenters. The smallest absolute Gasteiger partial charge is 0.259 e. The highest BCUT2D eigenvalue weighted by Gasteiger charge is 2.16. The lowest BCUT2D eigenvalue weighted by Gasteiger charge is -2.11. The van der Waals surface area contributed by atoms with Crippen LogP contribution in [0.25, 0.3) is 17.0 Å². The van der Waals surface area contributed by atoms with Crippen molar-refractivity contribution >= 4 is 17.2 Å². The lowest BCUT2D eigenvalue weighted by atomic mass is 10.2. The van der Waals surface area contributed by atoms with Crippen LogP contribution in [0.1, 0.15) is 17.3 Å². The van der Waals surface area contributed by atoms with E-state index in [-0.39, 0.29) is 5.91 Å². The number of pyridine rings is 1. The van der Waals surface area contributed by atoms with Gasteiger partial charge in [0.2, 0.25) is 0 Å². The molecular formula is C21H18N4O2. The van der Waals surface area contributed by atoms with E-state index < -0.39 is 0 Å². The largest absolute Gasteiger partial charge is 0.493 e. The number of ether oxygens (including phenoxy) is 1. The molecule has 0 radical (unpaired) electrons. The Labute approximate surface area is 156 Å². The number of hydrogen-bond acceptors (Lipinski definition) is 4. The summed E-state index contributed by atoms with van der Waals surface area (Å²) in [6.07, 6.45) is 1.88. The van der Waals surface area contributed by atoms with Crippen LogP contribution in [0.3, 0.4) is 0 Å². The zero-order valence-corrected chi connectivity index (χ0v) is 14.8. The second-order valence-electron chi connectivity index (χ2n) is 5.89. The molecule has 0 bridgehead atoms. The van der Waals surface area contributed by atoms with Crippen LogP contribution in [0.15, 0.2) is 72.9 Å². The van der Waals surface area contributed by atoms with Gasteiger partial charge in [0.05, 0.1) is 17.9 Å². The van der Waals surface area contributed by atoms with Crippen molar-refractivity contribution in [2.75, 3.05) is 11.9 Å². The van der Waals surface area contributed by atoms with Gasteiger partial charge in [-0.15, -0.1) is 10.2 Å². The van der Waals surface area contributed by atoms with Gasteiger partial charge in [0.1, 0.15) is 5.75 Å². The molecular weight excluding hydrogens is 340 g/mol. The SMILES string of the molecule is CCOc1ccccc1C(=O)Nc1cccn2c(-c3ccccc3)nnc12. The van der Waals surface area contributed by atoms with Crippen molar-refractivity contribution < 1.29 is 9.53 Å². The van der Waals surface area contributed by atoms with Crippen molar-refractivity contribution in [2.45, 2.75) is 6.92 Å². The van der Waals surface area contributed by atoms with Gasteiger partial charge >= 0.3 is 0 Å². The van der Waals surface area contributed by atoms with Gasteiger partial charge in [0, 0.05) is 11.8 Å². The lowest BCUT2D eigenvalue weighted by molar-refractivity contribution is 0.102. The number of rotatable bonds is 5. The fraction of sp³-hybridized carbons (Fsp3) is 0.0952. The van der Waals surface area contributed by atoms with E-state index in [2.05, 4.69) is 15.5 Å². The molecule has 0 aliphatic heterocycles. The number of nitrogens with one attached hydrogen (secondary N) is 1. The predicted molar refractivity (Wildman–Crippen MR) is 104 cm³/mol. The van der Waals surface area contributed by atoms with E-state index in [1.165, 1.54) is 0 Å². The summed E-state index contributed by atoms with van der Waals surface area (Å²) in [6.45, 7) is 2.38. The van der Waals surface area contributed by atoms with E-state index in [1.54, 1.807) is 18.2 Å². The average Bonchev–Trinajstić information content (AvgIpc) is 3.14. The first-order valence-electron chi connectivity index (χ1n) is 8.70. The second-order valence-corrected chi connectivity index (χ2v) is 5.89. The Morgan fingerprint density at radius 2 is 1.78 bits per heavy atom. The molecule has 2 aromatic carbocycles. The maximum Gasteiger partial charge on any atom is 0.259 e. The van der Waals surface area contributed by atoms with Crippen LogP contribution in [0.4, 0.5) is 5.69 Å². The highest BCUT2D eigenvalue weighted by Crippen LogP contribution is 2.24. The molecule has 6 heteroatoms. The summed E-state index contributed by atoms with van der Waals surface area (Å²) in [5.74, 6) is 1.02. The quantitative estimate of drug-likeness (QED) is 0.584. The molecule has 0 aliphatic carbocycles. The molecule has 6 nitrogen and oxygen atoms in total. The van der Waals surface area contributed by atoms with E-state index >= 15 is 0 Å². The maximum atomic E-state index is 12.8. The number of fused-ring (bicyclic) bond motifs is 1. The van der Waals surface area contributed by atoms with Gasteiger partial charge in [0.25, 0.3) is 5.91 Å². The normalized spacial score (nSPS) is 10.7. The Morgan fingerprint density at radius 3 is 2.59 bits per heavy atom. The molecule has 0 atom stereocenters. The molecule has 0 saturated heterocycles. The van der Waals surface area contributed by atoms with Crippen LogP contribution < -0.4 is 10.1 Å². The first-order valence-corrected chi connectivity index (χ1v) is 8.70. The zero-order valence-electron chi connectivity index (χ0n) is 14.8. The van der Waals surface area contributed by atoms with Crippen molar-refractivity contribution in [3.8, 4) is 17.1 Å². The first-order chi connectivity index (χ1) is 13.3. The molecule has 1 N–H and O–H groups in total. The van der Waals surface area contributed by atoms with Gasteiger partial charge in [0.15, 0.2) is 11.5 Å². The molecule has 2 aromatic heterocycles. The Morgan fingerprint density at radius 1 is 1.00 bits per heavy atom. The first kappa shape index (κ1) is 16.8. The number of nitrogens with zero attached hydrogens (tertiary/aromatic N) is 3. The van der Waals surface area contributed by atoms with Crippen LogP contribution in [-0.4, -0.2) is 27.1 Å². The molecule has 4 aromatic rings. The minimum absolute atomic E-state index is 0.253.